The van der Waals surface area contributed by atoms with E-state index in [1.54, 1.807) is 33.1 Å². The smallest absolute Gasteiger partial charge is 0.224 e. The van der Waals surface area contributed by atoms with E-state index in [1.165, 1.54) is 0 Å². The van der Waals surface area contributed by atoms with E-state index < -0.39 is 0 Å². The van der Waals surface area contributed by atoms with Crippen LogP contribution in [0.5, 0.6) is 11.5 Å². The summed E-state index contributed by atoms with van der Waals surface area (Å²) < 4.78 is 15.9. The first-order chi connectivity index (χ1) is 10.2. The van der Waals surface area contributed by atoms with Crippen LogP contribution in [0.15, 0.2) is 18.2 Å². The predicted octanol–water partition coefficient (Wildman–Crippen LogP) is 2.31. The van der Waals surface area contributed by atoms with Crippen molar-refractivity contribution in [2.75, 3.05) is 40.2 Å². The molecule has 5 nitrogen and oxygen atoms in total. The van der Waals surface area contributed by atoms with Gasteiger partial charge in [-0.1, -0.05) is 0 Å². The Hall–Kier alpha value is -1.40. The number of carbonyl (C=O) groups is 1. The first-order valence-electron chi connectivity index (χ1n) is 6.83. The average Bonchev–Trinajstić information content (AvgIpc) is 2.53. The molecule has 2 rings (SSSR count). The second kappa shape index (κ2) is 7.56. The van der Waals surface area contributed by atoms with Crippen LogP contribution in [0.25, 0.3) is 0 Å². The molecule has 0 spiro atoms. The lowest BCUT2D eigenvalue weighted by atomic mass is 10.1. The van der Waals surface area contributed by atoms with Gasteiger partial charge in [-0.05, 0) is 18.2 Å². The molecule has 1 amide bonds. The molecule has 1 fully saturated rings. The quantitative estimate of drug-likeness (QED) is 0.807. The number of hydrogen-bond acceptors (Lipinski definition) is 5. The first-order valence-corrected chi connectivity index (χ1v) is 7.88. The van der Waals surface area contributed by atoms with Gasteiger partial charge in [0.05, 0.1) is 20.8 Å². The molecule has 0 aliphatic carbocycles. The van der Waals surface area contributed by atoms with Crippen molar-refractivity contribution in [3.63, 3.8) is 0 Å². The van der Waals surface area contributed by atoms with Crippen LogP contribution >= 0.6 is 11.8 Å². The molecule has 0 N–H and O–H groups in total. The van der Waals surface area contributed by atoms with Gasteiger partial charge < -0.3 is 19.1 Å². The van der Waals surface area contributed by atoms with E-state index in [9.17, 15) is 4.79 Å². The van der Waals surface area contributed by atoms with Crippen molar-refractivity contribution < 1.29 is 19.0 Å². The summed E-state index contributed by atoms with van der Waals surface area (Å²) in [6.45, 7) is 1.10. The molecule has 1 unspecified atom stereocenters. The molecule has 0 bridgehead atoms. The molecule has 1 aromatic rings. The molecule has 21 heavy (non-hydrogen) atoms. The number of methoxy groups -OCH3 is 3. The Balaban J connectivity index is 2.33. The minimum Gasteiger partial charge on any atom is -0.497 e. The molecular formula is C15H21NO4S. The fourth-order valence-electron chi connectivity index (χ4n) is 2.34. The number of thioether (sulfide) groups is 1. The second-order valence-electron chi connectivity index (χ2n) is 4.66. The van der Waals surface area contributed by atoms with Crippen LogP contribution in [0.1, 0.15) is 17.4 Å². The number of ether oxygens (including phenoxy) is 3. The molecule has 1 saturated heterocycles. The molecule has 0 saturated carbocycles. The van der Waals surface area contributed by atoms with Crippen LogP contribution in [-0.2, 0) is 9.53 Å². The number of carbonyl (C=O) groups excluding carboxylic acids is 1. The molecule has 6 heteroatoms. The van der Waals surface area contributed by atoms with Crippen LogP contribution in [0, 0.1) is 0 Å². The summed E-state index contributed by atoms with van der Waals surface area (Å²) in [4.78, 5) is 14.1. The van der Waals surface area contributed by atoms with Crippen molar-refractivity contribution in [1.29, 1.82) is 0 Å². The van der Waals surface area contributed by atoms with Gasteiger partial charge in [-0.25, -0.2) is 0 Å². The molecule has 1 heterocycles. The molecule has 1 aliphatic heterocycles. The molecule has 1 atom stereocenters. The summed E-state index contributed by atoms with van der Waals surface area (Å²) in [6.07, 6.45) is 0.567. The van der Waals surface area contributed by atoms with Crippen molar-refractivity contribution in [2.45, 2.75) is 11.8 Å². The maximum absolute atomic E-state index is 12.2. The zero-order chi connectivity index (χ0) is 15.2. The van der Waals surface area contributed by atoms with Crippen LogP contribution < -0.4 is 9.47 Å². The van der Waals surface area contributed by atoms with Crippen molar-refractivity contribution in [3.8, 4) is 11.5 Å². The van der Waals surface area contributed by atoms with Gasteiger partial charge in [0.15, 0.2) is 0 Å². The summed E-state index contributed by atoms with van der Waals surface area (Å²) in [5, 5.41) is -0.0635. The number of benzene rings is 1. The number of hydrogen-bond donors (Lipinski definition) is 0. The van der Waals surface area contributed by atoms with Crippen LogP contribution in [-0.4, -0.2) is 51.0 Å². The SMILES string of the molecule is COCCN1C(=O)CCSC1c1cc(OC)ccc1OC. The first kappa shape index (κ1) is 16.0. The number of amides is 1. The highest BCUT2D eigenvalue weighted by Crippen LogP contribution is 2.42. The fourth-order valence-corrected chi connectivity index (χ4v) is 3.63. The molecule has 116 valence electrons. The predicted molar refractivity (Wildman–Crippen MR) is 83.0 cm³/mol. The van der Waals surface area contributed by atoms with E-state index in [0.29, 0.717) is 19.6 Å². The zero-order valence-corrected chi connectivity index (χ0v) is 13.4. The van der Waals surface area contributed by atoms with E-state index in [1.807, 2.05) is 23.1 Å². The summed E-state index contributed by atoms with van der Waals surface area (Å²) >= 11 is 1.74. The van der Waals surface area contributed by atoms with E-state index >= 15 is 0 Å². The zero-order valence-electron chi connectivity index (χ0n) is 12.6. The van der Waals surface area contributed by atoms with Gasteiger partial charge in [-0.3, -0.25) is 4.79 Å². The normalized spacial score (nSPS) is 18.7. The Kier molecular flexibility index (Phi) is 5.76. The van der Waals surface area contributed by atoms with E-state index in [2.05, 4.69) is 0 Å². The minimum atomic E-state index is -0.0635. The Labute approximate surface area is 129 Å². The van der Waals surface area contributed by atoms with Gasteiger partial charge in [-0.2, -0.15) is 0 Å². The standard InChI is InChI=1S/C15H21NO4S/c1-18-8-7-16-14(17)6-9-21-15(16)12-10-11(19-2)4-5-13(12)20-3/h4-5,10,15H,6-9H2,1-3H3. The lowest BCUT2D eigenvalue weighted by Crippen LogP contribution is -2.39. The van der Waals surface area contributed by atoms with Gasteiger partial charge >= 0.3 is 0 Å². The number of rotatable bonds is 6. The Morgan fingerprint density at radius 3 is 2.76 bits per heavy atom. The third kappa shape index (κ3) is 3.63. The highest BCUT2D eigenvalue weighted by Gasteiger charge is 2.31. The lowest BCUT2D eigenvalue weighted by molar-refractivity contribution is -0.132. The van der Waals surface area contributed by atoms with Gasteiger partial charge in [0.25, 0.3) is 0 Å². The van der Waals surface area contributed by atoms with Crippen molar-refractivity contribution in [1.82, 2.24) is 4.90 Å². The van der Waals surface area contributed by atoms with Gasteiger partial charge in [-0.15, -0.1) is 11.8 Å². The summed E-state index contributed by atoms with van der Waals surface area (Å²) in [5.41, 5.74) is 0.964. The van der Waals surface area contributed by atoms with E-state index in [-0.39, 0.29) is 11.3 Å². The fraction of sp³-hybridized carbons (Fsp3) is 0.533. The largest absolute Gasteiger partial charge is 0.497 e. The van der Waals surface area contributed by atoms with Crippen molar-refractivity contribution >= 4 is 17.7 Å². The maximum atomic E-state index is 12.2. The second-order valence-corrected chi connectivity index (χ2v) is 5.85. The lowest BCUT2D eigenvalue weighted by Gasteiger charge is -2.36. The highest BCUT2D eigenvalue weighted by atomic mass is 32.2. The molecule has 0 aromatic heterocycles. The third-order valence-electron chi connectivity index (χ3n) is 3.43. The molecule has 1 aromatic carbocycles. The summed E-state index contributed by atoms with van der Waals surface area (Å²) in [5.74, 6) is 2.50. The Morgan fingerprint density at radius 1 is 1.29 bits per heavy atom. The van der Waals surface area contributed by atoms with Gasteiger partial charge in [0.1, 0.15) is 16.9 Å². The van der Waals surface area contributed by atoms with Crippen molar-refractivity contribution in [3.05, 3.63) is 23.8 Å². The van der Waals surface area contributed by atoms with Crippen LogP contribution in [0.4, 0.5) is 0 Å². The summed E-state index contributed by atoms with van der Waals surface area (Å²) in [6, 6.07) is 5.67. The van der Waals surface area contributed by atoms with Crippen LogP contribution in [0.2, 0.25) is 0 Å². The monoisotopic (exact) mass is 311 g/mol. The van der Waals surface area contributed by atoms with E-state index in [4.69, 9.17) is 14.2 Å². The van der Waals surface area contributed by atoms with Crippen molar-refractivity contribution in [2.24, 2.45) is 0 Å². The maximum Gasteiger partial charge on any atom is 0.224 e. The van der Waals surface area contributed by atoms with Gasteiger partial charge in [0, 0.05) is 31.4 Å². The topological polar surface area (TPSA) is 48.0 Å². The molecule has 0 radical (unpaired) electrons. The Morgan fingerprint density at radius 2 is 2.10 bits per heavy atom. The molecular weight excluding hydrogens is 290 g/mol. The minimum absolute atomic E-state index is 0.0635. The van der Waals surface area contributed by atoms with Crippen LogP contribution in [0.3, 0.4) is 0 Å². The molecule has 1 aliphatic rings. The highest BCUT2D eigenvalue weighted by molar-refractivity contribution is 7.99. The third-order valence-corrected chi connectivity index (χ3v) is 4.70. The Bertz CT molecular complexity index is 495. The average molecular weight is 311 g/mol. The summed E-state index contributed by atoms with van der Waals surface area (Å²) in [7, 11) is 4.91. The van der Waals surface area contributed by atoms with E-state index in [0.717, 1.165) is 22.8 Å². The number of nitrogens with zero attached hydrogens (tertiary/aromatic N) is 1. The van der Waals surface area contributed by atoms with Gasteiger partial charge in [0.2, 0.25) is 5.91 Å².